The summed E-state index contributed by atoms with van der Waals surface area (Å²) in [5, 5.41) is 2.83. The molecule has 0 aromatic heterocycles. The molecule has 0 radical (unpaired) electrons. The van der Waals surface area contributed by atoms with Crippen molar-refractivity contribution in [1.29, 1.82) is 0 Å². The molecule has 0 saturated carbocycles. The summed E-state index contributed by atoms with van der Waals surface area (Å²) in [6, 6.07) is -0.431. The predicted octanol–water partition coefficient (Wildman–Crippen LogP) is 0.801. The molecule has 1 unspecified atom stereocenters. The predicted molar refractivity (Wildman–Crippen MR) is 79.9 cm³/mol. The minimum atomic E-state index is -0.811. The number of amides is 2. The maximum atomic E-state index is 12.5. The molecule has 21 heavy (non-hydrogen) atoms. The number of nitrogens with one attached hydrogen (secondary N) is 1. The average molecular weight is 300 g/mol. The molecule has 0 aromatic carbocycles. The lowest BCUT2D eigenvalue weighted by molar-refractivity contribution is -0.156. The molecule has 0 spiro atoms. The lowest BCUT2D eigenvalue weighted by Gasteiger charge is -2.45. The molecule has 6 heteroatoms. The van der Waals surface area contributed by atoms with Gasteiger partial charge < -0.3 is 19.7 Å². The van der Waals surface area contributed by atoms with E-state index < -0.39 is 11.6 Å². The van der Waals surface area contributed by atoms with Gasteiger partial charge in [-0.15, -0.1) is 0 Å². The fourth-order valence-corrected chi connectivity index (χ4v) is 2.36. The van der Waals surface area contributed by atoms with E-state index in [-0.39, 0.29) is 17.7 Å². The Labute approximate surface area is 127 Å². The largest absolute Gasteiger partial charge is 0.382 e. The quantitative estimate of drug-likeness (QED) is 0.673. The van der Waals surface area contributed by atoms with Gasteiger partial charge in [0.25, 0.3) is 0 Å². The van der Waals surface area contributed by atoms with Gasteiger partial charge in [-0.05, 0) is 26.2 Å². The zero-order chi connectivity index (χ0) is 16.0. The Hall–Kier alpha value is -1.14. The molecule has 1 N–H and O–H groups in total. The zero-order valence-electron chi connectivity index (χ0n) is 13.8. The highest BCUT2D eigenvalue weighted by atomic mass is 16.5. The first-order valence-corrected chi connectivity index (χ1v) is 7.51. The first-order valence-electron chi connectivity index (χ1n) is 7.51. The lowest BCUT2D eigenvalue weighted by Crippen LogP contribution is -2.69. The van der Waals surface area contributed by atoms with Crippen molar-refractivity contribution in [3.63, 3.8) is 0 Å². The third-order valence-corrected chi connectivity index (χ3v) is 3.82. The fourth-order valence-electron chi connectivity index (χ4n) is 2.36. The number of hydrogen-bond acceptors (Lipinski definition) is 4. The van der Waals surface area contributed by atoms with E-state index in [1.807, 2.05) is 13.8 Å². The average Bonchev–Trinajstić information content (AvgIpc) is 2.41. The molecule has 6 nitrogen and oxygen atoms in total. The smallest absolute Gasteiger partial charge is 0.246 e. The van der Waals surface area contributed by atoms with Crippen molar-refractivity contribution >= 4 is 11.8 Å². The van der Waals surface area contributed by atoms with Gasteiger partial charge in [0.2, 0.25) is 11.8 Å². The van der Waals surface area contributed by atoms with Gasteiger partial charge in [0.1, 0.15) is 11.6 Å². The zero-order valence-corrected chi connectivity index (χ0v) is 13.8. The van der Waals surface area contributed by atoms with Crippen LogP contribution in [0.25, 0.3) is 0 Å². The minimum absolute atomic E-state index is 0.00788. The highest BCUT2D eigenvalue weighted by Crippen LogP contribution is 2.23. The van der Waals surface area contributed by atoms with Gasteiger partial charge in [-0.2, -0.15) is 0 Å². The van der Waals surface area contributed by atoms with Gasteiger partial charge in [-0.3, -0.25) is 9.59 Å². The second kappa shape index (κ2) is 7.75. The lowest BCUT2D eigenvalue weighted by atomic mass is 9.91. The molecular weight excluding hydrogens is 272 g/mol. The molecule has 1 atom stereocenters. The van der Waals surface area contributed by atoms with Crippen LogP contribution in [0.2, 0.25) is 0 Å². The van der Waals surface area contributed by atoms with E-state index in [0.717, 1.165) is 0 Å². The van der Waals surface area contributed by atoms with Crippen LogP contribution in [-0.4, -0.2) is 61.8 Å². The molecular formula is C15H28N2O4. The summed E-state index contributed by atoms with van der Waals surface area (Å²) in [5.41, 5.74) is -0.811. The van der Waals surface area contributed by atoms with Gasteiger partial charge >= 0.3 is 0 Å². The standard InChI is InChI=1S/C15H28N2O4/c1-11(2)12-13(18)17(15(3,4)14(19)16-12)7-6-8-21-10-9-20-5/h11-12H,6-10H2,1-5H3,(H,16,19). The van der Waals surface area contributed by atoms with E-state index in [9.17, 15) is 9.59 Å². The van der Waals surface area contributed by atoms with Crippen LogP contribution in [0.1, 0.15) is 34.1 Å². The molecule has 0 aromatic rings. The fraction of sp³-hybridized carbons (Fsp3) is 0.867. The monoisotopic (exact) mass is 300 g/mol. The Morgan fingerprint density at radius 3 is 2.48 bits per heavy atom. The van der Waals surface area contributed by atoms with Crippen LogP contribution in [0.15, 0.2) is 0 Å². The van der Waals surface area contributed by atoms with Crippen LogP contribution >= 0.6 is 0 Å². The van der Waals surface area contributed by atoms with Crippen LogP contribution in [0.3, 0.4) is 0 Å². The maximum Gasteiger partial charge on any atom is 0.246 e. The summed E-state index contributed by atoms with van der Waals surface area (Å²) in [6.45, 7) is 9.62. The Balaban J connectivity index is 2.58. The molecule has 1 aliphatic rings. The summed E-state index contributed by atoms with van der Waals surface area (Å²) in [7, 11) is 1.63. The number of ether oxygens (including phenoxy) is 2. The highest BCUT2D eigenvalue weighted by Gasteiger charge is 2.46. The minimum Gasteiger partial charge on any atom is -0.382 e. The van der Waals surface area contributed by atoms with Crippen molar-refractivity contribution in [2.45, 2.75) is 45.7 Å². The molecule has 0 bridgehead atoms. The second-order valence-corrected chi connectivity index (χ2v) is 6.20. The van der Waals surface area contributed by atoms with E-state index in [1.165, 1.54) is 0 Å². The highest BCUT2D eigenvalue weighted by molar-refractivity contribution is 5.99. The number of carbonyl (C=O) groups is 2. The van der Waals surface area contributed by atoms with Gasteiger partial charge in [-0.1, -0.05) is 13.8 Å². The summed E-state index contributed by atoms with van der Waals surface area (Å²) in [5.74, 6) is -0.0226. The summed E-state index contributed by atoms with van der Waals surface area (Å²) >= 11 is 0. The third-order valence-electron chi connectivity index (χ3n) is 3.82. The van der Waals surface area contributed by atoms with Crippen molar-refractivity contribution in [2.24, 2.45) is 5.92 Å². The molecule has 1 aliphatic heterocycles. The Bertz CT molecular complexity index is 369. The molecule has 122 valence electrons. The van der Waals surface area contributed by atoms with Crippen LogP contribution in [0.5, 0.6) is 0 Å². The number of rotatable bonds is 8. The summed E-state index contributed by atoms with van der Waals surface area (Å²) in [4.78, 5) is 26.4. The molecule has 1 rings (SSSR count). The Morgan fingerprint density at radius 1 is 1.24 bits per heavy atom. The third kappa shape index (κ3) is 4.41. The number of carbonyl (C=O) groups excluding carboxylic acids is 2. The molecule has 2 amide bonds. The summed E-state index contributed by atoms with van der Waals surface area (Å²) < 4.78 is 10.3. The van der Waals surface area contributed by atoms with Crippen molar-refractivity contribution in [1.82, 2.24) is 10.2 Å². The van der Waals surface area contributed by atoms with E-state index in [2.05, 4.69) is 5.32 Å². The van der Waals surface area contributed by atoms with E-state index >= 15 is 0 Å². The topological polar surface area (TPSA) is 67.9 Å². The van der Waals surface area contributed by atoms with Crippen molar-refractivity contribution in [2.75, 3.05) is 33.5 Å². The first kappa shape index (κ1) is 17.9. The number of hydrogen-bond donors (Lipinski definition) is 1. The maximum absolute atomic E-state index is 12.5. The normalized spacial score (nSPS) is 21.8. The van der Waals surface area contributed by atoms with Gasteiger partial charge in [0.15, 0.2) is 0 Å². The number of piperazine rings is 1. The van der Waals surface area contributed by atoms with E-state index in [4.69, 9.17) is 9.47 Å². The number of nitrogens with zero attached hydrogens (tertiary/aromatic N) is 1. The first-order chi connectivity index (χ1) is 9.82. The molecule has 1 heterocycles. The number of methoxy groups -OCH3 is 1. The Morgan fingerprint density at radius 2 is 1.90 bits per heavy atom. The molecule has 1 saturated heterocycles. The molecule has 1 fully saturated rings. The summed E-state index contributed by atoms with van der Waals surface area (Å²) in [6.07, 6.45) is 0.705. The molecule has 0 aliphatic carbocycles. The van der Waals surface area contributed by atoms with Crippen molar-refractivity contribution in [3.05, 3.63) is 0 Å². The van der Waals surface area contributed by atoms with Gasteiger partial charge in [0, 0.05) is 20.3 Å². The van der Waals surface area contributed by atoms with Crippen LogP contribution in [0.4, 0.5) is 0 Å². The van der Waals surface area contributed by atoms with Crippen LogP contribution in [-0.2, 0) is 19.1 Å². The van der Waals surface area contributed by atoms with E-state index in [1.54, 1.807) is 25.9 Å². The van der Waals surface area contributed by atoms with Crippen LogP contribution in [0, 0.1) is 5.92 Å². The van der Waals surface area contributed by atoms with Gasteiger partial charge in [-0.25, -0.2) is 0 Å². The van der Waals surface area contributed by atoms with Crippen molar-refractivity contribution < 1.29 is 19.1 Å². The Kier molecular flexibility index (Phi) is 6.61. The van der Waals surface area contributed by atoms with Crippen LogP contribution < -0.4 is 5.32 Å². The second-order valence-electron chi connectivity index (χ2n) is 6.20. The van der Waals surface area contributed by atoms with Gasteiger partial charge in [0.05, 0.1) is 13.2 Å². The SMILES string of the molecule is COCCOCCCN1C(=O)C(C(C)C)NC(=O)C1(C)C. The van der Waals surface area contributed by atoms with Crippen molar-refractivity contribution in [3.8, 4) is 0 Å². The van der Waals surface area contributed by atoms with E-state index in [0.29, 0.717) is 32.8 Å².